The quantitative estimate of drug-likeness (QED) is 0.835. The van der Waals surface area contributed by atoms with E-state index in [4.69, 9.17) is 0 Å². The van der Waals surface area contributed by atoms with E-state index in [9.17, 15) is 0 Å². The molecule has 0 aliphatic heterocycles. The van der Waals surface area contributed by atoms with Crippen molar-refractivity contribution in [3.05, 3.63) is 15.6 Å². The average Bonchev–Trinajstić information content (AvgIpc) is 2.41. The highest BCUT2D eigenvalue weighted by Gasteiger charge is 2.20. The van der Waals surface area contributed by atoms with Crippen molar-refractivity contribution >= 4 is 11.3 Å². The van der Waals surface area contributed by atoms with Gasteiger partial charge >= 0.3 is 0 Å². The van der Waals surface area contributed by atoms with Crippen molar-refractivity contribution in [2.45, 2.75) is 41.0 Å². The Kier molecular flexibility index (Phi) is 4.29. The molecular formula is C12H22N2S. The molecule has 0 fully saturated rings. The third-order valence-corrected chi connectivity index (χ3v) is 3.63. The maximum absolute atomic E-state index is 4.59. The van der Waals surface area contributed by atoms with Gasteiger partial charge in [0.05, 0.1) is 10.7 Å². The number of rotatable bonds is 5. The molecule has 0 aliphatic carbocycles. The fourth-order valence-electron chi connectivity index (χ4n) is 1.55. The summed E-state index contributed by atoms with van der Waals surface area (Å²) >= 11 is 1.84. The van der Waals surface area contributed by atoms with Crippen molar-refractivity contribution < 1.29 is 0 Å². The van der Waals surface area contributed by atoms with E-state index in [1.54, 1.807) is 0 Å². The minimum Gasteiger partial charge on any atom is -0.316 e. The first-order chi connectivity index (χ1) is 6.94. The molecule has 0 spiro atoms. The number of nitrogens with one attached hydrogen (secondary N) is 1. The fraction of sp³-hybridized carbons (Fsp3) is 0.750. The second-order valence-corrected chi connectivity index (χ2v) is 6.16. The van der Waals surface area contributed by atoms with E-state index < -0.39 is 0 Å². The Labute approximate surface area is 97.1 Å². The molecule has 0 amide bonds. The number of hydrogen-bond donors (Lipinski definition) is 1. The van der Waals surface area contributed by atoms with Gasteiger partial charge in [-0.25, -0.2) is 4.98 Å². The molecule has 2 nitrogen and oxygen atoms in total. The number of thiazole rings is 1. The predicted molar refractivity (Wildman–Crippen MR) is 67.6 cm³/mol. The van der Waals surface area contributed by atoms with E-state index in [2.05, 4.69) is 44.9 Å². The first-order valence-corrected chi connectivity index (χ1v) is 6.40. The molecular weight excluding hydrogens is 204 g/mol. The van der Waals surface area contributed by atoms with Crippen molar-refractivity contribution in [1.29, 1.82) is 0 Å². The van der Waals surface area contributed by atoms with E-state index in [1.807, 2.05) is 11.3 Å². The Balaban J connectivity index is 2.60. The molecule has 1 aromatic rings. The zero-order valence-electron chi connectivity index (χ0n) is 10.5. The van der Waals surface area contributed by atoms with Crippen LogP contribution < -0.4 is 5.32 Å². The van der Waals surface area contributed by atoms with Crippen LogP contribution in [0.15, 0.2) is 0 Å². The molecule has 1 heterocycles. The Morgan fingerprint density at radius 1 is 1.33 bits per heavy atom. The van der Waals surface area contributed by atoms with Crippen LogP contribution in [-0.2, 0) is 6.42 Å². The van der Waals surface area contributed by atoms with Crippen LogP contribution in [-0.4, -0.2) is 18.1 Å². The minimum atomic E-state index is 0.298. The number of nitrogens with zero attached hydrogens (tertiary/aromatic N) is 1. The van der Waals surface area contributed by atoms with Gasteiger partial charge in [0.15, 0.2) is 0 Å². The van der Waals surface area contributed by atoms with Crippen LogP contribution in [0.3, 0.4) is 0 Å². The summed E-state index contributed by atoms with van der Waals surface area (Å²) in [5.74, 6) is 0. The molecule has 0 bridgehead atoms. The largest absolute Gasteiger partial charge is 0.316 e. The average molecular weight is 226 g/mol. The van der Waals surface area contributed by atoms with Gasteiger partial charge in [-0.3, -0.25) is 0 Å². The molecule has 15 heavy (non-hydrogen) atoms. The van der Waals surface area contributed by atoms with Crippen molar-refractivity contribution in [2.24, 2.45) is 5.41 Å². The van der Waals surface area contributed by atoms with Gasteiger partial charge in [-0.1, -0.05) is 20.8 Å². The number of hydrogen-bond acceptors (Lipinski definition) is 3. The SMILES string of the molecule is CCNCC(C)(C)Cc1nc(C)c(C)s1. The third-order valence-electron chi connectivity index (χ3n) is 2.56. The van der Waals surface area contributed by atoms with Crippen LogP contribution in [0.2, 0.25) is 0 Å². The highest BCUT2D eigenvalue weighted by molar-refractivity contribution is 7.11. The highest BCUT2D eigenvalue weighted by Crippen LogP contribution is 2.25. The lowest BCUT2D eigenvalue weighted by atomic mass is 9.89. The number of aromatic nitrogens is 1. The second kappa shape index (κ2) is 5.08. The lowest BCUT2D eigenvalue weighted by molar-refractivity contribution is 0.341. The smallest absolute Gasteiger partial charge is 0.0936 e. The lowest BCUT2D eigenvalue weighted by Crippen LogP contribution is -2.30. The summed E-state index contributed by atoms with van der Waals surface area (Å²) in [7, 11) is 0. The van der Waals surface area contributed by atoms with Gasteiger partial charge in [0.25, 0.3) is 0 Å². The van der Waals surface area contributed by atoms with Gasteiger partial charge in [-0.15, -0.1) is 11.3 Å². The lowest BCUT2D eigenvalue weighted by Gasteiger charge is -2.23. The van der Waals surface area contributed by atoms with Crippen LogP contribution in [0, 0.1) is 19.3 Å². The Hall–Kier alpha value is -0.410. The Morgan fingerprint density at radius 2 is 2.00 bits per heavy atom. The summed E-state index contributed by atoms with van der Waals surface area (Å²) in [5.41, 5.74) is 1.49. The van der Waals surface area contributed by atoms with Crippen LogP contribution in [0.25, 0.3) is 0 Å². The molecule has 0 unspecified atom stereocenters. The van der Waals surface area contributed by atoms with E-state index in [1.165, 1.54) is 15.6 Å². The summed E-state index contributed by atoms with van der Waals surface area (Å²) in [6.07, 6.45) is 1.07. The van der Waals surface area contributed by atoms with Crippen LogP contribution >= 0.6 is 11.3 Å². The summed E-state index contributed by atoms with van der Waals surface area (Å²) in [6, 6.07) is 0. The van der Waals surface area contributed by atoms with Crippen molar-refractivity contribution in [3.63, 3.8) is 0 Å². The normalized spacial score (nSPS) is 12.1. The molecule has 1 aromatic heterocycles. The maximum Gasteiger partial charge on any atom is 0.0936 e. The molecule has 1 N–H and O–H groups in total. The Bertz CT molecular complexity index is 296. The van der Waals surface area contributed by atoms with E-state index >= 15 is 0 Å². The van der Waals surface area contributed by atoms with Gasteiger partial charge in [0, 0.05) is 17.8 Å². The summed E-state index contributed by atoms with van der Waals surface area (Å²) in [5, 5.41) is 4.68. The zero-order valence-corrected chi connectivity index (χ0v) is 11.3. The van der Waals surface area contributed by atoms with Crippen LogP contribution in [0.4, 0.5) is 0 Å². The first-order valence-electron chi connectivity index (χ1n) is 5.58. The van der Waals surface area contributed by atoms with Gasteiger partial charge in [-0.2, -0.15) is 0 Å². The third kappa shape index (κ3) is 3.92. The van der Waals surface area contributed by atoms with Gasteiger partial charge < -0.3 is 5.32 Å². The van der Waals surface area contributed by atoms with Crippen molar-refractivity contribution in [1.82, 2.24) is 10.3 Å². The summed E-state index contributed by atoms with van der Waals surface area (Å²) in [4.78, 5) is 5.95. The molecule has 0 aromatic carbocycles. The fourth-order valence-corrected chi connectivity index (χ4v) is 2.74. The molecule has 0 atom stereocenters. The van der Waals surface area contributed by atoms with Gasteiger partial charge in [0.1, 0.15) is 0 Å². The first kappa shape index (κ1) is 12.7. The maximum atomic E-state index is 4.59. The molecule has 0 aliphatic rings. The number of aryl methyl sites for hydroxylation is 2. The van der Waals surface area contributed by atoms with Crippen molar-refractivity contribution in [3.8, 4) is 0 Å². The van der Waals surface area contributed by atoms with E-state index in [-0.39, 0.29) is 0 Å². The summed E-state index contributed by atoms with van der Waals surface area (Å²) in [6.45, 7) is 13.1. The molecule has 0 saturated carbocycles. The van der Waals surface area contributed by atoms with E-state index in [0.29, 0.717) is 5.41 Å². The van der Waals surface area contributed by atoms with Crippen molar-refractivity contribution in [2.75, 3.05) is 13.1 Å². The van der Waals surface area contributed by atoms with Gasteiger partial charge in [-0.05, 0) is 25.8 Å². The summed E-state index contributed by atoms with van der Waals surface area (Å²) < 4.78 is 0. The standard InChI is InChI=1S/C12H22N2S/c1-6-13-8-12(4,5)7-11-14-9(2)10(3)15-11/h13H,6-8H2,1-5H3. The Morgan fingerprint density at radius 3 is 2.47 bits per heavy atom. The van der Waals surface area contributed by atoms with Gasteiger partial charge in [0.2, 0.25) is 0 Å². The molecule has 1 rings (SSSR count). The predicted octanol–water partition coefficient (Wildman–Crippen LogP) is 2.94. The van der Waals surface area contributed by atoms with E-state index in [0.717, 1.165) is 19.5 Å². The highest BCUT2D eigenvalue weighted by atomic mass is 32.1. The molecule has 0 saturated heterocycles. The minimum absolute atomic E-state index is 0.298. The van der Waals surface area contributed by atoms with Crippen LogP contribution in [0.1, 0.15) is 36.3 Å². The molecule has 0 radical (unpaired) electrons. The topological polar surface area (TPSA) is 24.9 Å². The molecule has 86 valence electrons. The zero-order chi connectivity index (χ0) is 11.5. The molecule has 3 heteroatoms. The monoisotopic (exact) mass is 226 g/mol. The second-order valence-electron chi connectivity index (χ2n) is 4.87. The van der Waals surface area contributed by atoms with Crippen LogP contribution in [0.5, 0.6) is 0 Å².